The Bertz CT molecular complexity index is 987. The Kier molecular flexibility index (Phi) is 3.75. The van der Waals surface area contributed by atoms with Gasteiger partial charge in [-0.2, -0.15) is 13.2 Å². The SMILES string of the molecule is O=C(Nc1ccc2c(C(F)(F)F)c[nH]c2c1)C1CNc2ccccc2O1.[HH]. The molecule has 0 fully saturated rings. The number of alkyl halides is 3. The van der Waals surface area contributed by atoms with Crippen molar-refractivity contribution in [2.24, 2.45) is 0 Å². The molecule has 3 N–H and O–H groups in total. The highest BCUT2D eigenvalue weighted by molar-refractivity contribution is 5.97. The van der Waals surface area contributed by atoms with E-state index in [0.29, 0.717) is 23.5 Å². The van der Waals surface area contributed by atoms with Crippen molar-refractivity contribution < 1.29 is 24.1 Å². The molecule has 136 valence electrons. The van der Waals surface area contributed by atoms with E-state index in [4.69, 9.17) is 4.74 Å². The average Bonchev–Trinajstić information content (AvgIpc) is 3.05. The summed E-state index contributed by atoms with van der Waals surface area (Å²) >= 11 is 0. The molecule has 0 aliphatic carbocycles. The standard InChI is InChI=1S/C18H14F3N3O2.H2/c19-18(20,21)12-8-22-14-7-10(5-6-11(12)14)24-17(25)16-9-23-13-3-1-2-4-15(13)26-16;/h1-8,16,22-23H,9H2,(H,24,25);1H. The third kappa shape index (κ3) is 2.94. The lowest BCUT2D eigenvalue weighted by atomic mass is 10.1. The molecule has 1 unspecified atom stereocenters. The summed E-state index contributed by atoms with van der Waals surface area (Å²) in [6.45, 7) is 0.297. The van der Waals surface area contributed by atoms with Gasteiger partial charge in [0.2, 0.25) is 0 Å². The molecule has 1 amide bonds. The Hall–Kier alpha value is -3.16. The van der Waals surface area contributed by atoms with Crippen LogP contribution in [0.1, 0.15) is 6.99 Å². The first-order valence-electron chi connectivity index (χ1n) is 7.90. The van der Waals surface area contributed by atoms with Gasteiger partial charge in [0.1, 0.15) is 5.75 Å². The molecule has 4 rings (SSSR count). The van der Waals surface area contributed by atoms with Crippen molar-refractivity contribution in [2.75, 3.05) is 17.2 Å². The van der Waals surface area contributed by atoms with Gasteiger partial charge in [-0.1, -0.05) is 18.2 Å². The number of anilines is 2. The van der Waals surface area contributed by atoms with Crippen LogP contribution in [0, 0.1) is 0 Å². The van der Waals surface area contributed by atoms with Crippen LogP contribution in [0.3, 0.4) is 0 Å². The van der Waals surface area contributed by atoms with Crippen molar-refractivity contribution in [3.63, 3.8) is 0 Å². The van der Waals surface area contributed by atoms with Gasteiger partial charge >= 0.3 is 6.18 Å². The van der Waals surface area contributed by atoms with Crippen LogP contribution in [-0.2, 0) is 11.0 Å². The summed E-state index contributed by atoms with van der Waals surface area (Å²) in [5.74, 6) is 0.197. The number of nitrogens with one attached hydrogen (secondary N) is 3. The van der Waals surface area contributed by atoms with Crippen LogP contribution in [0.25, 0.3) is 10.9 Å². The zero-order valence-corrected chi connectivity index (χ0v) is 13.4. The van der Waals surface area contributed by atoms with Gasteiger partial charge < -0.3 is 20.4 Å². The molecule has 1 aliphatic heterocycles. The second-order valence-electron chi connectivity index (χ2n) is 5.93. The molecule has 0 bridgehead atoms. The van der Waals surface area contributed by atoms with E-state index >= 15 is 0 Å². The fourth-order valence-electron chi connectivity index (χ4n) is 2.92. The number of rotatable bonds is 2. The molecule has 0 saturated carbocycles. The lowest BCUT2D eigenvalue weighted by Crippen LogP contribution is -2.41. The van der Waals surface area contributed by atoms with Crippen molar-refractivity contribution >= 4 is 28.2 Å². The lowest BCUT2D eigenvalue weighted by molar-refractivity contribution is -0.136. The number of carbonyl (C=O) groups is 1. The highest BCUT2D eigenvalue weighted by Gasteiger charge is 2.33. The molecule has 8 heteroatoms. The monoisotopic (exact) mass is 363 g/mol. The first-order valence-corrected chi connectivity index (χ1v) is 7.90. The molecule has 3 aromatic rings. The summed E-state index contributed by atoms with van der Waals surface area (Å²) in [4.78, 5) is 15.0. The maximum Gasteiger partial charge on any atom is 0.418 e. The van der Waals surface area contributed by atoms with Crippen LogP contribution >= 0.6 is 0 Å². The molecule has 26 heavy (non-hydrogen) atoms. The van der Waals surface area contributed by atoms with E-state index in [9.17, 15) is 18.0 Å². The van der Waals surface area contributed by atoms with Crippen molar-refractivity contribution in [1.82, 2.24) is 4.98 Å². The number of hydrogen-bond acceptors (Lipinski definition) is 3. The number of hydrogen-bond donors (Lipinski definition) is 3. The van der Waals surface area contributed by atoms with Gasteiger partial charge in [-0.3, -0.25) is 4.79 Å². The number of benzene rings is 2. The third-order valence-corrected chi connectivity index (χ3v) is 4.18. The third-order valence-electron chi connectivity index (χ3n) is 4.18. The molecule has 1 aliphatic rings. The van der Waals surface area contributed by atoms with E-state index in [1.54, 1.807) is 12.1 Å². The number of aromatic amines is 1. The molecule has 5 nitrogen and oxygen atoms in total. The summed E-state index contributed by atoms with van der Waals surface area (Å²) in [5.41, 5.74) is 0.759. The van der Waals surface area contributed by atoms with Gasteiger partial charge in [0.25, 0.3) is 5.91 Å². The Labute approximate surface area is 147 Å². The van der Waals surface area contributed by atoms with Crippen LogP contribution in [0.15, 0.2) is 48.7 Å². The second-order valence-corrected chi connectivity index (χ2v) is 5.93. The van der Waals surface area contributed by atoms with Gasteiger partial charge in [-0.15, -0.1) is 0 Å². The van der Waals surface area contributed by atoms with E-state index in [-0.39, 0.29) is 12.7 Å². The van der Waals surface area contributed by atoms with Crippen LogP contribution in [0.2, 0.25) is 0 Å². The maximum atomic E-state index is 12.9. The van der Waals surface area contributed by atoms with Crippen molar-refractivity contribution in [3.05, 3.63) is 54.2 Å². The highest BCUT2D eigenvalue weighted by Crippen LogP contribution is 2.35. The molecule has 0 spiro atoms. The average molecular weight is 363 g/mol. The number of H-pyrrole nitrogens is 1. The number of carbonyl (C=O) groups excluding carboxylic acids is 1. The van der Waals surface area contributed by atoms with Crippen LogP contribution < -0.4 is 15.4 Å². The summed E-state index contributed by atoms with van der Waals surface area (Å²) in [6, 6.07) is 11.5. The minimum absolute atomic E-state index is 0. The predicted octanol–water partition coefficient (Wildman–Crippen LogP) is 4.24. The minimum Gasteiger partial charge on any atom is -0.477 e. The molecule has 2 heterocycles. The topological polar surface area (TPSA) is 66.2 Å². The van der Waals surface area contributed by atoms with Crippen molar-refractivity contribution in [3.8, 4) is 5.75 Å². The summed E-state index contributed by atoms with van der Waals surface area (Å²) in [6.07, 6.45) is -4.26. The molecule has 2 aromatic carbocycles. The zero-order chi connectivity index (χ0) is 18.3. The summed E-state index contributed by atoms with van der Waals surface area (Å²) in [5, 5.41) is 5.84. The van der Waals surface area contributed by atoms with E-state index in [1.165, 1.54) is 18.2 Å². The number of aromatic nitrogens is 1. The van der Waals surface area contributed by atoms with Crippen molar-refractivity contribution in [1.29, 1.82) is 0 Å². The van der Waals surface area contributed by atoms with Gasteiger partial charge in [-0.25, -0.2) is 0 Å². The Balaban J connectivity index is 0.00000210. The number of para-hydroxylation sites is 2. The fraction of sp³-hybridized carbons (Fsp3) is 0.167. The predicted molar refractivity (Wildman–Crippen MR) is 93.4 cm³/mol. The molecule has 1 aromatic heterocycles. The second kappa shape index (κ2) is 5.98. The van der Waals surface area contributed by atoms with Gasteiger partial charge in [0.05, 0.1) is 17.8 Å². The summed E-state index contributed by atoms with van der Waals surface area (Å²) in [7, 11) is 0. The fourth-order valence-corrected chi connectivity index (χ4v) is 2.92. The first-order chi connectivity index (χ1) is 12.4. The molecular weight excluding hydrogens is 347 g/mol. The lowest BCUT2D eigenvalue weighted by Gasteiger charge is -2.26. The number of amides is 1. The van der Waals surface area contributed by atoms with Gasteiger partial charge in [0, 0.05) is 24.2 Å². The molecular formula is C18H16F3N3O2. The zero-order valence-electron chi connectivity index (χ0n) is 13.4. The summed E-state index contributed by atoms with van der Waals surface area (Å²) < 4.78 is 44.4. The van der Waals surface area contributed by atoms with Crippen molar-refractivity contribution in [2.45, 2.75) is 12.3 Å². The van der Waals surface area contributed by atoms with Crippen LogP contribution in [0.4, 0.5) is 24.5 Å². The molecule has 1 atom stereocenters. The number of ether oxygens (including phenoxy) is 1. The van der Waals surface area contributed by atoms with E-state index in [1.807, 2.05) is 12.1 Å². The largest absolute Gasteiger partial charge is 0.477 e. The highest BCUT2D eigenvalue weighted by atomic mass is 19.4. The first kappa shape index (κ1) is 16.3. The quantitative estimate of drug-likeness (QED) is 0.638. The Morgan fingerprint density at radius 1 is 1.23 bits per heavy atom. The number of fused-ring (bicyclic) bond motifs is 2. The van der Waals surface area contributed by atoms with E-state index in [0.717, 1.165) is 11.9 Å². The normalized spacial score (nSPS) is 16.5. The van der Waals surface area contributed by atoms with Gasteiger partial charge in [-0.05, 0) is 24.3 Å². The Morgan fingerprint density at radius 2 is 2.04 bits per heavy atom. The maximum absolute atomic E-state index is 12.9. The van der Waals surface area contributed by atoms with Crippen LogP contribution in [-0.4, -0.2) is 23.5 Å². The van der Waals surface area contributed by atoms with Crippen LogP contribution in [0.5, 0.6) is 5.75 Å². The molecule has 0 radical (unpaired) electrons. The smallest absolute Gasteiger partial charge is 0.418 e. The Morgan fingerprint density at radius 3 is 2.85 bits per heavy atom. The molecule has 0 saturated heterocycles. The van der Waals surface area contributed by atoms with E-state index < -0.39 is 17.8 Å². The van der Waals surface area contributed by atoms with Gasteiger partial charge in [0.15, 0.2) is 6.10 Å². The number of halogens is 3. The van der Waals surface area contributed by atoms with E-state index in [2.05, 4.69) is 15.6 Å². The minimum atomic E-state index is -4.43.